The second-order valence-corrected chi connectivity index (χ2v) is 5.14. The Morgan fingerprint density at radius 1 is 1.43 bits per heavy atom. The van der Waals surface area contributed by atoms with Crippen molar-refractivity contribution in [3.8, 4) is 0 Å². The van der Waals surface area contributed by atoms with Gasteiger partial charge in [-0.25, -0.2) is 0 Å². The van der Waals surface area contributed by atoms with E-state index in [1.165, 1.54) is 0 Å². The van der Waals surface area contributed by atoms with Gasteiger partial charge in [0, 0.05) is 21.7 Å². The van der Waals surface area contributed by atoms with Crippen molar-refractivity contribution in [2.45, 2.75) is 23.5 Å². The van der Waals surface area contributed by atoms with E-state index < -0.39 is 0 Å². The SMILES string of the molecule is CC[C@@H](CN)Sc1cc(Cl)ccc1Cl. The van der Waals surface area contributed by atoms with Crippen LogP contribution in [-0.4, -0.2) is 11.8 Å². The Bertz CT molecular complexity index is 300. The van der Waals surface area contributed by atoms with Crippen molar-refractivity contribution in [1.82, 2.24) is 0 Å². The third-order valence-electron chi connectivity index (χ3n) is 1.91. The van der Waals surface area contributed by atoms with E-state index in [9.17, 15) is 0 Å². The van der Waals surface area contributed by atoms with E-state index in [-0.39, 0.29) is 0 Å². The minimum atomic E-state index is 0.408. The van der Waals surface area contributed by atoms with Crippen LogP contribution in [0.4, 0.5) is 0 Å². The predicted octanol–water partition coefficient (Wildman–Crippen LogP) is 3.82. The van der Waals surface area contributed by atoms with Gasteiger partial charge in [0.05, 0.1) is 5.02 Å². The first-order chi connectivity index (χ1) is 6.67. The average Bonchev–Trinajstić information content (AvgIpc) is 2.19. The average molecular weight is 250 g/mol. The number of hydrogen-bond acceptors (Lipinski definition) is 2. The van der Waals surface area contributed by atoms with E-state index in [0.29, 0.717) is 16.8 Å². The highest BCUT2D eigenvalue weighted by atomic mass is 35.5. The van der Waals surface area contributed by atoms with Crippen LogP contribution in [0.5, 0.6) is 0 Å². The number of halogens is 2. The lowest BCUT2D eigenvalue weighted by molar-refractivity contribution is 0.827. The van der Waals surface area contributed by atoms with Crippen LogP contribution in [0.3, 0.4) is 0 Å². The lowest BCUT2D eigenvalue weighted by Crippen LogP contribution is -2.15. The monoisotopic (exact) mass is 249 g/mol. The first-order valence-electron chi connectivity index (χ1n) is 4.49. The fraction of sp³-hybridized carbons (Fsp3) is 0.400. The Kier molecular flexibility index (Phi) is 5.10. The van der Waals surface area contributed by atoms with E-state index >= 15 is 0 Å². The molecule has 0 aliphatic rings. The minimum Gasteiger partial charge on any atom is -0.329 e. The summed E-state index contributed by atoms with van der Waals surface area (Å²) in [6.45, 7) is 2.77. The Labute approximate surface area is 99.0 Å². The molecule has 0 heterocycles. The molecule has 0 spiro atoms. The summed E-state index contributed by atoms with van der Waals surface area (Å²) < 4.78 is 0. The maximum atomic E-state index is 6.03. The zero-order chi connectivity index (χ0) is 10.6. The number of rotatable bonds is 4. The van der Waals surface area contributed by atoms with Crippen LogP contribution < -0.4 is 5.73 Å². The first kappa shape index (κ1) is 12.2. The van der Waals surface area contributed by atoms with Gasteiger partial charge in [0.25, 0.3) is 0 Å². The van der Waals surface area contributed by atoms with Gasteiger partial charge >= 0.3 is 0 Å². The van der Waals surface area contributed by atoms with Gasteiger partial charge in [-0.05, 0) is 24.6 Å². The van der Waals surface area contributed by atoms with Crippen molar-refractivity contribution < 1.29 is 0 Å². The van der Waals surface area contributed by atoms with Crippen LogP contribution in [0.15, 0.2) is 23.1 Å². The van der Waals surface area contributed by atoms with Crippen molar-refractivity contribution in [2.24, 2.45) is 5.73 Å². The molecule has 0 aromatic heterocycles. The summed E-state index contributed by atoms with van der Waals surface area (Å²) in [5.41, 5.74) is 5.62. The fourth-order valence-electron chi connectivity index (χ4n) is 1.05. The van der Waals surface area contributed by atoms with Gasteiger partial charge < -0.3 is 5.73 Å². The van der Waals surface area contributed by atoms with Gasteiger partial charge in [-0.2, -0.15) is 0 Å². The van der Waals surface area contributed by atoms with E-state index in [1.807, 2.05) is 12.1 Å². The molecule has 1 atom stereocenters. The smallest absolute Gasteiger partial charge is 0.0543 e. The standard InChI is InChI=1S/C10H13Cl2NS/c1-2-8(6-13)14-10-5-7(11)3-4-9(10)12/h3-5,8H,2,6,13H2,1H3/t8-/m0/s1. The summed E-state index contributed by atoms with van der Waals surface area (Å²) in [4.78, 5) is 1.01. The van der Waals surface area contributed by atoms with Gasteiger partial charge in [0.1, 0.15) is 0 Å². The molecule has 1 aromatic rings. The molecule has 0 aliphatic carbocycles. The molecule has 0 bridgehead atoms. The Balaban J connectivity index is 2.79. The van der Waals surface area contributed by atoms with E-state index in [2.05, 4.69) is 6.92 Å². The molecule has 4 heteroatoms. The van der Waals surface area contributed by atoms with Crippen molar-refractivity contribution in [1.29, 1.82) is 0 Å². The number of nitrogens with two attached hydrogens (primary N) is 1. The van der Waals surface area contributed by atoms with Crippen LogP contribution in [0.2, 0.25) is 10.0 Å². The molecule has 0 saturated carbocycles. The molecular weight excluding hydrogens is 237 g/mol. The topological polar surface area (TPSA) is 26.0 Å². The first-order valence-corrected chi connectivity index (χ1v) is 6.12. The summed E-state index contributed by atoms with van der Waals surface area (Å²) in [5, 5.41) is 1.86. The Hall–Kier alpha value is 0.110. The normalized spacial score (nSPS) is 12.9. The van der Waals surface area contributed by atoms with Crippen molar-refractivity contribution >= 4 is 35.0 Å². The van der Waals surface area contributed by atoms with Crippen molar-refractivity contribution in [3.05, 3.63) is 28.2 Å². The lowest BCUT2D eigenvalue weighted by atomic mass is 10.3. The molecule has 78 valence electrons. The molecule has 0 aliphatic heterocycles. The zero-order valence-electron chi connectivity index (χ0n) is 7.97. The molecule has 1 aromatic carbocycles. The molecule has 0 radical (unpaired) electrons. The highest BCUT2D eigenvalue weighted by molar-refractivity contribution is 8.00. The van der Waals surface area contributed by atoms with Crippen LogP contribution >= 0.6 is 35.0 Å². The largest absolute Gasteiger partial charge is 0.329 e. The van der Waals surface area contributed by atoms with E-state index in [0.717, 1.165) is 16.3 Å². The van der Waals surface area contributed by atoms with Gasteiger partial charge in [-0.1, -0.05) is 30.1 Å². The zero-order valence-corrected chi connectivity index (χ0v) is 10.3. The Morgan fingerprint density at radius 2 is 2.14 bits per heavy atom. The number of thioether (sulfide) groups is 1. The maximum absolute atomic E-state index is 6.03. The molecule has 2 N–H and O–H groups in total. The lowest BCUT2D eigenvalue weighted by Gasteiger charge is -2.12. The summed E-state index contributed by atoms with van der Waals surface area (Å²) in [6, 6.07) is 5.49. The summed E-state index contributed by atoms with van der Waals surface area (Å²) in [5.74, 6) is 0. The molecule has 0 unspecified atom stereocenters. The Morgan fingerprint density at radius 3 is 2.71 bits per heavy atom. The molecular formula is C10H13Cl2NS. The highest BCUT2D eigenvalue weighted by Crippen LogP contribution is 2.33. The van der Waals surface area contributed by atoms with Gasteiger partial charge in [-0.3, -0.25) is 0 Å². The van der Waals surface area contributed by atoms with Gasteiger partial charge in [-0.15, -0.1) is 11.8 Å². The van der Waals surface area contributed by atoms with Crippen molar-refractivity contribution in [3.63, 3.8) is 0 Å². The van der Waals surface area contributed by atoms with Crippen LogP contribution in [-0.2, 0) is 0 Å². The molecule has 0 saturated heterocycles. The molecule has 1 nitrogen and oxygen atoms in total. The molecule has 14 heavy (non-hydrogen) atoms. The molecule has 1 rings (SSSR count). The van der Waals surface area contributed by atoms with Gasteiger partial charge in [0.15, 0.2) is 0 Å². The maximum Gasteiger partial charge on any atom is 0.0543 e. The summed E-state index contributed by atoms with van der Waals surface area (Å²) >= 11 is 13.6. The molecule has 0 amide bonds. The van der Waals surface area contributed by atoms with Crippen LogP contribution in [0.1, 0.15) is 13.3 Å². The summed E-state index contributed by atoms with van der Waals surface area (Å²) in [6.07, 6.45) is 1.03. The fourth-order valence-corrected chi connectivity index (χ4v) is 2.53. The van der Waals surface area contributed by atoms with Crippen LogP contribution in [0.25, 0.3) is 0 Å². The predicted molar refractivity (Wildman–Crippen MR) is 65.5 cm³/mol. The second kappa shape index (κ2) is 5.86. The van der Waals surface area contributed by atoms with E-state index in [1.54, 1.807) is 17.8 Å². The summed E-state index contributed by atoms with van der Waals surface area (Å²) in [7, 11) is 0. The van der Waals surface area contributed by atoms with Crippen molar-refractivity contribution in [2.75, 3.05) is 6.54 Å². The number of benzene rings is 1. The third kappa shape index (κ3) is 3.35. The van der Waals surface area contributed by atoms with Crippen LogP contribution in [0, 0.1) is 0 Å². The van der Waals surface area contributed by atoms with E-state index in [4.69, 9.17) is 28.9 Å². The third-order valence-corrected chi connectivity index (χ3v) is 4.03. The minimum absolute atomic E-state index is 0.408. The van der Waals surface area contributed by atoms with Gasteiger partial charge in [0.2, 0.25) is 0 Å². The highest BCUT2D eigenvalue weighted by Gasteiger charge is 2.09. The molecule has 0 fully saturated rings. The second-order valence-electron chi connectivity index (χ2n) is 2.96. The number of hydrogen-bond donors (Lipinski definition) is 1. The quantitative estimate of drug-likeness (QED) is 0.822.